The number of rotatable bonds is 6. The molecule has 6 aromatic carbocycles. The SMILES string of the molecule is Cc1ccc(-c2cccc(-c3nc(-c4cccc(-c5ccccc5)c4)nc(-c4cccc(-c5ccccc5)c4)n3)c2)cc1. The van der Waals surface area contributed by atoms with Crippen LogP contribution in [-0.2, 0) is 0 Å². The summed E-state index contributed by atoms with van der Waals surface area (Å²) >= 11 is 0. The first kappa shape index (κ1) is 26.2. The van der Waals surface area contributed by atoms with Crippen molar-refractivity contribution >= 4 is 0 Å². The second kappa shape index (κ2) is 11.7. The van der Waals surface area contributed by atoms with Gasteiger partial charge in [-0.2, -0.15) is 0 Å². The average molecular weight is 552 g/mol. The molecule has 0 unspecified atom stereocenters. The van der Waals surface area contributed by atoms with Gasteiger partial charge in [0.1, 0.15) is 0 Å². The largest absolute Gasteiger partial charge is 0.208 e. The van der Waals surface area contributed by atoms with Crippen molar-refractivity contribution in [1.82, 2.24) is 15.0 Å². The zero-order valence-electron chi connectivity index (χ0n) is 23.9. The first-order chi connectivity index (χ1) is 21.2. The lowest BCUT2D eigenvalue weighted by Gasteiger charge is -2.11. The van der Waals surface area contributed by atoms with Crippen molar-refractivity contribution in [3.05, 3.63) is 163 Å². The van der Waals surface area contributed by atoms with E-state index in [1.165, 1.54) is 5.56 Å². The van der Waals surface area contributed by atoms with E-state index in [4.69, 9.17) is 15.0 Å². The second-order valence-corrected chi connectivity index (χ2v) is 10.6. The molecule has 3 heteroatoms. The van der Waals surface area contributed by atoms with E-state index < -0.39 is 0 Å². The van der Waals surface area contributed by atoms with Crippen molar-refractivity contribution in [1.29, 1.82) is 0 Å². The predicted octanol–water partition coefficient (Wildman–Crippen LogP) is 10.2. The van der Waals surface area contributed by atoms with Crippen molar-refractivity contribution in [2.45, 2.75) is 6.92 Å². The summed E-state index contributed by atoms with van der Waals surface area (Å²) in [6.07, 6.45) is 0. The predicted molar refractivity (Wildman–Crippen MR) is 177 cm³/mol. The zero-order valence-corrected chi connectivity index (χ0v) is 23.9. The minimum atomic E-state index is 0.642. The summed E-state index contributed by atoms with van der Waals surface area (Å²) in [5.74, 6) is 1.93. The highest BCUT2D eigenvalue weighted by atomic mass is 15.0. The van der Waals surface area contributed by atoms with Gasteiger partial charge in [0.25, 0.3) is 0 Å². The molecule has 43 heavy (non-hydrogen) atoms. The van der Waals surface area contributed by atoms with Gasteiger partial charge in [0.2, 0.25) is 0 Å². The Morgan fingerprint density at radius 3 is 0.953 bits per heavy atom. The Morgan fingerprint density at radius 2 is 0.581 bits per heavy atom. The maximum atomic E-state index is 5.04. The number of aryl methyl sites for hydroxylation is 1. The van der Waals surface area contributed by atoms with Gasteiger partial charge in [-0.05, 0) is 58.5 Å². The van der Waals surface area contributed by atoms with Crippen molar-refractivity contribution in [2.24, 2.45) is 0 Å². The van der Waals surface area contributed by atoms with Crippen LogP contribution in [0.15, 0.2) is 158 Å². The molecule has 0 atom stereocenters. The van der Waals surface area contributed by atoms with E-state index in [2.05, 4.69) is 153 Å². The van der Waals surface area contributed by atoms with Gasteiger partial charge in [-0.15, -0.1) is 0 Å². The maximum Gasteiger partial charge on any atom is 0.164 e. The minimum absolute atomic E-state index is 0.642. The molecular formula is C40H29N3. The molecule has 0 aliphatic rings. The first-order valence-electron chi connectivity index (χ1n) is 14.4. The van der Waals surface area contributed by atoms with E-state index in [0.29, 0.717) is 17.5 Å². The van der Waals surface area contributed by atoms with Crippen molar-refractivity contribution in [3.63, 3.8) is 0 Å². The molecule has 0 radical (unpaired) electrons. The van der Waals surface area contributed by atoms with Crippen molar-refractivity contribution in [2.75, 3.05) is 0 Å². The smallest absolute Gasteiger partial charge is 0.164 e. The fourth-order valence-electron chi connectivity index (χ4n) is 5.28. The molecule has 7 rings (SSSR count). The molecule has 204 valence electrons. The molecule has 1 aromatic heterocycles. The normalized spacial score (nSPS) is 10.9. The van der Waals surface area contributed by atoms with Crippen LogP contribution in [0.1, 0.15) is 5.56 Å². The van der Waals surface area contributed by atoms with E-state index in [0.717, 1.165) is 50.1 Å². The van der Waals surface area contributed by atoms with Crippen LogP contribution in [-0.4, -0.2) is 15.0 Å². The monoisotopic (exact) mass is 551 g/mol. The van der Waals surface area contributed by atoms with Gasteiger partial charge in [-0.25, -0.2) is 15.0 Å². The van der Waals surface area contributed by atoms with Crippen LogP contribution >= 0.6 is 0 Å². The molecular weight excluding hydrogens is 522 g/mol. The second-order valence-electron chi connectivity index (χ2n) is 10.6. The summed E-state index contributed by atoms with van der Waals surface area (Å²) < 4.78 is 0. The third-order valence-corrected chi connectivity index (χ3v) is 7.60. The molecule has 0 fully saturated rings. The Hall–Kier alpha value is -5.67. The molecule has 0 saturated heterocycles. The highest BCUT2D eigenvalue weighted by molar-refractivity contribution is 5.76. The molecule has 1 heterocycles. The number of hydrogen-bond acceptors (Lipinski definition) is 3. The molecule has 0 saturated carbocycles. The van der Waals surface area contributed by atoms with Gasteiger partial charge >= 0.3 is 0 Å². The van der Waals surface area contributed by atoms with E-state index in [1.54, 1.807) is 0 Å². The Kier molecular flexibility index (Phi) is 7.12. The summed E-state index contributed by atoms with van der Waals surface area (Å²) in [6, 6.07) is 54.6. The summed E-state index contributed by atoms with van der Waals surface area (Å²) in [6.45, 7) is 2.10. The summed E-state index contributed by atoms with van der Waals surface area (Å²) in [4.78, 5) is 15.1. The Balaban J connectivity index is 1.37. The van der Waals surface area contributed by atoms with Crippen LogP contribution in [0.3, 0.4) is 0 Å². The topological polar surface area (TPSA) is 38.7 Å². The lowest BCUT2D eigenvalue weighted by atomic mass is 10.0. The summed E-state index contributed by atoms with van der Waals surface area (Å²) in [5, 5.41) is 0. The fraction of sp³-hybridized carbons (Fsp3) is 0.0250. The van der Waals surface area contributed by atoms with Crippen molar-refractivity contribution < 1.29 is 0 Å². The van der Waals surface area contributed by atoms with Gasteiger partial charge in [0.15, 0.2) is 17.5 Å². The third kappa shape index (κ3) is 5.74. The first-order valence-corrected chi connectivity index (χ1v) is 14.4. The van der Waals surface area contributed by atoms with Gasteiger partial charge in [0.05, 0.1) is 0 Å². The summed E-state index contributed by atoms with van der Waals surface area (Å²) in [5.41, 5.74) is 10.9. The van der Waals surface area contributed by atoms with Crippen LogP contribution in [0.2, 0.25) is 0 Å². The molecule has 0 bridgehead atoms. The van der Waals surface area contributed by atoms with Crippen LogP contribution in [0.5, 0.6) is 0 Å². The van der Waals surface area contributed by atoms with Crippen LogP contribution < -0.4 is 0 Å². The number of benzene rings is 6. The lowest BCUT2D eigenvalue weighted by Crippen LogP contribution is -2.00. The van der Waals surface area contributed by atoms with E-state index in [-0.39, 0.29) is 0 Å². The van der Waals surface area contributed by atoms with E-state index >= 15 is 0 Å². The number of nitrogens with zero attached hydrogens (tertiary/aromatic N) is 3. The quantitative estimate of drug-likeness (QED) is 0.206. The average Bonchev–Trinajstić information content (AvgIpc) is 3.09. The molecule has 0 N–H and O–H groups in total. The minimum Gasteiger partial charge on any atom is -0.208 e. The molecule has 0 aliphatic carbocycles. The van der Waals surface area contributed by atoms with Crippen LogP contribution in [0, 0.1) is 6.92 Å². The maximum absolute atomic E-state index is 5.04. The Bertz CT molecular complexity index is 1910. The molecule has 0 spiro atoms. The molecule has 7 aromatic rings. The van der Waals surface area contributed by atoms with E-state index in [1.807, 2.05) is 12.1 Å². The Morgan fingerprint density at radius 1 is 0.279 bits per heavy atom. The van der Waals surface area contributed by atoms with Gasteiger partial charge in [-0.3, -0.25) is 0 Å². The number of hydrogen-bond donors (Lipinski definition) is 0. The van der Waals surface area contributed by atoms with E-state index in [9.17, 15) is 0 Å². The third-order valence-electron chi connectivity index (χ3n) is 7.60. The molecule has 0 amide bonds. The van der Waals surface area contributed by atoms with Gasteiger partial charge in [0, 0.05) is 16.7 Å². The highest BCUT2D eigenvalue weighted by Crippen LogP contribution is 2.31. The molecule has 3 nitrogen and oxygen atoms in total. The van der Waals surface area contributed by atoms with Gasteiger partial charge < -0.3 is 0 Å². The summed E-state index contributed by atoms with van der Waals surface area (Å²) in [7, 11) is 0. The molecule has 0 aliphatic heterocycles. The number of aromatic nitrogens is 3. The fourth-order valence-corrected chi connectivity index (χ4v) is 5.28. The van der Waals surface area contributed by atoms with Crippen LogP contribution in [0.4, 0.5) is 0 Å². The van der Waals surface area contributed by atoms with Crippen molar-refractivity contribution in [3.8, 4) is 67.5 Å². The zero-order chi connectivity index (χ0) is 29.0. The standard InChI is InChI=1S/C40H29N3/c1-28-21-23-31(24-22-28)34-17-10-20-37(27-34)40-42-38(35-18-8-15-32(25-35)29-11-4-2-5-12-29)41-39(43-40)36-19-9-16-33(26-36)30-13-6-3-7-14-30/h2-27H,1H3. The highest BCUT2D eigenvalue weighted by Gasteiger charge is 2.14. The van der Waals surface area contributed by atoms with Crippen LogP contribution in [0.25, 0.3) is 67.5 Å². The lowest BCUT2D eigenvalue weighted by molar-refractivity contribution is 1.07. The van der Waals surface area contributed by atoms with Gasteiger partial charge in [-0.1, -0.05) is 145 Å². The Labute approximate surface area is 252 Å².